The molecule has 0 atom stereocenters. The fourth-order valence-corrected chi connectivity index (χ4v) is 11.1. The summed E-state index contributed by atoms with van der Waals surface area (Å²) in [5.74, 6) is 0. The van der Waals surface area contributed by atoms with E-state index in [-0.39, 0.29) is 27.1 Å². The highest BCUT2D eigenvalue weighted by molar-refractivity contribution is 6.45. The molecule has 0 fully saturated rings. The second-order valence-electron chi connectivity index (χ2n) is 23.3. The Labute approximate surface area is 390 Å². The first-order chi connectivity index (χ1) is 31.2. The monoisotopic (exact) mass is 856 g/mol. The lowest BCUT2D eigenvalue weighted by atomic mass is 9.78. The molecule has 66 heavy (non-hydrogen) atoms. The van der Waals surface area contributed by atoms with E-state index < -0.39 is 0 Å². The minimum absolute atomic E-state index is 0.117. The second kappa shape index (κ2) is 14.2. The summed E-state index contributed by atoms with van der Waals surface area (Å²) in [7, 11) is 0. The third-order valence-corrected chi connectivity index (χ3v) is 14.7. The van der Waals surface area contributed by atoms with Crippen molar-refractivity contribution in [3.05, 3.63) is 178 Å². The molecule has 0 saturated heterocycles. The summed E-state index contributed by atoms with van der Waals surface area (Å²) in [6.45, 7) is 27.4. The van der Waals surface area contributed by atoms with Crippen LogP contribution in [0.3, 0.4) is 0 Å². The highest BCUT2D eigenvalue weighted by Crippen LogP contribution is 2.58. The molecule has 0 aromatic heterocycles. The molecule has 0 unspecified atom stereocenters. The van der Waals surface area contributed by atoms with Crippen molar-refractivity contribution in [3.63, 3.8) is 0 Å². The molecule has 0 N–H and O–H groups in total. The lowest BCUT2D eigenvalue weighted by Crippen LogP contribution is -2.17. The minimum Gasteiger partial charge on any atom is -0.289 e. The molecule has 1 nitrogen and oxygen atoms in total. The topological polar surface area (TPSA) is 17.1 Å². The van der Waals surface area contributed by atoms with E-state index in [0.717, 1.165) is 44.2 Å². The molecule has 1 heteroatoms. The average Bonchev–Trinajstić information content (AvgIpc) is 3.88. The van der Waals surface area contributed by atoms with Gasteiger partial charge in [-0.05, 0) is 131 Å². The van der Waals surface area contributed by atoms with Crippen LogP contribution in [0, 0.1) is 0 Å². The van der Waals surface area contributed by atoms with Gasteiger partial charge in [0.15, 0.2) is 5.43 Å². The number of benzene rings is 8. The summed E-state index contributed by atoms with van der Waals surface area (Å²) in [6.07, 6.45) is 0. The fraction of sp³-hybridized carbons (Fsp3) is 0.246. The zero-order valence-corrected chi connectivity index (χ0v) is 40.8. The molecule has 0 aliphatic heterocycles. The Morgan fingerprint density at radius 3 is 0.894 bits per heavy atom. The predicted octanol–water partition coefficient (Wildman–Crippen LogP) is 18.1. The van der Waals surface area contributed by atoms with Gasteiger partial charge in [0.25, 0.3) is 0 Å². The summed E-state index contributed by atoms with van der Waals surface area (Å²) in [4.78, 5) is 16.0. The predicted molar refractivity (Wildman–Crippen MR) is 287 cm³/mol. The summed E-state index contributed by atoms with van der Waals surface area (Å²) in [5, 5.41) is 12.4. The molecule has 9 aromatic carbocycles. The van der Waals surface area contributed by atoms with E-state index in [1.807, 2.05) is 0 Å². The van der Waals surface area contributed by atoms with Crippen LogP contribution >= 0.6 is 0 Å². The Morgan fingerprint density at radius 1 is 0.258 bits per heavy atom. The first kappa shape index (κ1) is 42.1. The van der Waals surface area contributed by atoms with E-state index >= 15 is 4.79 Å². The van der Waals surface area contributed by atoms with Gasteiger partial charge in [-0.2, -0.15) is 0 Å². The number of rotatable bonds is 4. The maximum atomic E-state index is 16.0. The van der Waals surface area contributed by atoms with Crippen LogP contribution in [0.25, 0.3) is 109 Å². The molecule has 0 heterocycles. The summed E-state index contributed by atoms with van der Waals surface area (Å²) in [6, 6.07) is 54.4. The van der Waals surface area contributed by atoms with Crippen LogP contribution in [0.2, 0.25) is 0 Å². The summed E-state index contributed by atoms with van der Waals surface area (Å²) < 4.78 is 0. The first-order valence-electron chi connectivity index (χ1n) is 23.9. The normalized spacial score (nSPS) is 13.2. The molecule has 0 amide bonds. The average molecular weight is 857 g/mol. The quantitative estimate of drug-likeness (QED) is 0.172. The van der Waals surface area contributed by atoms with Gasteiger partial charge >= 0.3 is 0 Å². The molecule has 11 rings (SSSR count). The molecule has 9 aromatic rings. The van der Waals surface area contributed by atoms with Crippen LogP contribution in [-0.2, 0) is 21.7 Å². The SMILES string of the molecule is CC(C)(C)c1cc(-c2c3c4ccc5c6c(-c7ccccc7)c7ccccc7c(-c7ccccc7)c6c6ccc(c-3c(-c3cc(C(C)(C)C)cc(C(C)(C)C)c3)c2=O)c4c56)cc(C(C)(C)C)c1. The van der Waals surface area contributed by atoms with Crippen molar-refractivity contribution in [2.45, 2.75) is 105 Å². The first-order valence-corrected chi connectivity index (χ1v) is 23.9. The highest BCUT2D eigenvalue weighted by Gasteiger charge is 2.35. The molecule has 2 aliphatic carbocycles. The van der Waals surface area contributed by atoms with Gasteiger partial charge in [-0.3, -0.25) is 4.79 Å². The van der Waals surface area contributed by atoms with Gasteiger partial charge < -0.3 is 0 Å². The van der Waals surface area contributed by atoms with Gasteiger partial charge in [-0.25, -0.2) is 0 Å². The van der Waals surface area contributed by atoms with Crippen LogP contribution in [0.5, 0.6) is 0 Å². The standard InChI is InChI=1S/C65H60O/c1-62(2,3)41-31-39(32-42(35-41)63(4,5)6)53-59-49-29-27-47-55-48(28-30-50(56(49)55)60(59)54(61(53)66)40-33-43(64(7,8)9)36-44(34-40)65(10,11)12)58-52(38-23-17-14-18-24-38)46-26-20-19-25-45(46)51(57(47)58)37-21-15-13-16-22-37/h13-36H,1-12H3. The van der Waals surface area contributed by atoms with Gasteiger partial charge in [0.2, 0.25) is 0 Å². The van der Waals surface area contributed by atoms with E-state index in [1.165, 1.54) is 87.6 Å². The lowest BCUT2D eigenvalue weighted by molar-refractivity contribution is 0.568. The van der Waals surface area contributed by atoms with Gasteiger partial charge in [0.1, 0.15) is 0 Å². The minimum atomic E-state index is -0.117. The van der Waals surface area contributed by atoms with Crippen LogP contribution in [0.4, 0.5) is 0 Å². The third-order valence-electron chi connectivity index (χ3n) is 14.7. The van der Waals surface area contributed by atoms with Crippen molar-refractivity contribution >= 4 is 53.9 Å². The Kier molecular flexibility index (Phi) is 9.07. The van der Waals surface area contributed by atoms with E-state index in [9.17, 15) is 0 Å². The summed E-state index contributed by atoms with van der Waals surface area (Å²) in [5.41, 5.74) is 15.4. The van der Waals surface area contributed by atoms with Crippen LogP contribution in [-0.4, -0.2) is 0 Å². The Morgan fingerprint density at radius 2 is 0.561 bits per heavy atom. The molecule has 326 valence electrons. The van der Waals surface area contributed by atoms with E-state index in [2.05, 4.69) is 229 Å². The van der Waals surface area contributed by atoms with Gasteiger partial charge in [-0.1, -0.05) is 229 Å². The van der Waals surface area contributed by atoms with Gasteiger partial charge in [-0.15, -0.1) is 0 Å². The molecule has 0 spiro atoms. The van der Waals surface area contributed by atoms with Crippen LogP contribution < -0.4 is 5.43 Å². The van der Waals surface area contributed by atoms with Crippen molar-refractivity contribution in [2.24, 2.45) is 0 Å². The zero-order valence-electron chi connectivity index (χ0n) is 40.8. The number of hydrogen-bond donors (Lipinski definition) is 0. The van der Waals surface area contributed by atoms with Crippen molar-refractivity contribution in [1.82, 2.24) is 0 Å². The smallest absolute Gasteiger partial charge is 0.195 e. The number of hydrogen-bond acceptors (Lipinski definition) is 1. The van der Waals surface area contributed by atoms with Crippen molar-refractivity contribution < 1.29 is 0 Å². The maximum absolute atomic E-state index is 16.0. The molecule has 0 bridgehead atoms. The zero-order chi connectivity index (χ0) is 46.4. The van der Waals surface area contributed by atoms with E-state index in [1.54, 1.807) is 0 Å². The van der Waals surface area contributed by atoms with Crippen LogP contribution in [0.1, 0.15) is 105 Å². The van der Waals surface area contributed by atoms with Crippen molar-refractivity contribution in [1.29, 1.82) is 0 Å². The van der Waals surface area contributed by atoms with E-state index in [0.29, 0.717) is 0 Å². The van der Waals surface area contributed by atoms with Crippen LogP contribution in [0.15, 0.2) is 150 Å². The largest absolute Gasteiger partial charge is 0.289 e. The fourth-order valence-electron chi connectivity index (χ4n) is 11.1. The van der Waals surface area contributed by atoms with E-state index in [4.69, 9.17) is 0 Å². The lowest BCUT2D eigenvalue weighted by Gasteiger charge is -2.26. The Bertz CT molecular complexity index is 3400. The van der Waals surface area contributed by atoms with Gasteiger partial charge in [0.05, 0.1) is 0 Å². The molecule has 0 radical (unpaired) electrons. The summed E-state index contributed by atoms with van der Waals surface area (Å²) >= 11 is 0. The molecular formula is C65H60O. The second-order valence-corrected chi connectivity index (χ2v) is 23.3. The highest BCUT2D eigenvalue weighted by atomic mass is 16.1. The maximum Gasteiger partial charge on any atom is 0.195 e. The molecule has 0 saturated carbocycles. The number of fused-ring (bicyclic) bond motifs is 7. The van der Waals surface area contributed by atoms with Crippen molar-refractivity contribution in [2.75, 3.05) is 0 Å². The molecular weight excluding hydrogens is 797 g/mol. The third kappa shape index (κ3) is 6.30. The Hall–Kier alpha value is -6.57. The van der Waals surface area contributed by atoms with Crippen molar-refractivity contribution in [3.8, 4) is 55.6 Å². The Balaban J connectivity index is 1.37. The van der Waals surface area contributed by atoms with Gasteiger partial charge in [0, 0.05) is 22.3 Å². The molecule has 2 aliphatic rings.